The van der Waals surface area contributed by atoms with Gasteiger partial charge in [-0.2, -0.15) is 0 Å². The minimum absolute atomic E-state index is 0.0249. The number of nitrogens with two attached hydrogens (primary N) is 1. The number of nitrogens with one attached hydrogen (secondary N) is 1. The molecule has 3 N–H and O–H groups in total. The maximum Gasteiger partial charge on any atom is 0.249 e. The summed E-state index contributed by atoms with van der Waals surface area (Å²) in [5.74, 6) is -0.0524. The van der Waals surface area contributed by atoms with Gasteiger partial charge < -0.3 is 15.8 Å². The number of halogens is 1. The predicted molar refractivity (Wildman–Crippen MR) is 77.6 cm³/mol. The van der Waals surface area contributed by atoms with Gasteiger partial charge in [0.2, 0.25) is 5.91 Å². The van der Waals surface area contributed by atoms with Crippen molar-refractivity contribution in [1.82, 2.24) is 5.32 Å². The predicted octanol–water partition coefficient (Wildman–Crippen LogP) is 2.13. The molecule has 3 atom stereocenters. The highest BCUT2D eigenvalue weighted by Gasteiger charge is 2.30. The third-order valence-electron chi connectivity index (χ3n) is 3.37. The van der Waals surface area contributed by atoms with Crippen LogP contribution in [0.4, 0.5) is 0 Å². The van der Waals surface area contributed by atoms with Gasteiger partial charge in [0.15, 0.2) is 0 Å². The first-order chi connectivity index (χ1) is 9.10. The van der Waals surface area contributed by atoms with E-state index in [1.54, 1.807) is 0 Å². The SMILES string of the molecule is CC(NC(=O)[C@@H]1CC[C@H](CN)O1)c1cccc(Br)c1. The van der Waals surface area contributed by atoms with Gasteiger partial charge >= 0.3 is 0 Å². The second kappa shape index (κ2) is 6.50. The topological polar surface area (TPSA) is 64.4 Å². The molecule has 0 spiro atoms. The lowest BCUT2D eigenvalue weighted by atomic mass is 10.1. The molecule has 0 aromatic heterocycles. The lowest BCUT2D eigenvalue weighted by Crippen LogP contribution is -2.36. The molecule has 1 unspecified atom stereocenters. The summed E-state index contributed by atoms with van der Waals surface area (Å²) in [6.45, 7) is 2.44. The molecule has 1 aliphatic rings. The second-order valence-corrected chi connectivity index (χ2v) is 5.76. The van der Waals surface area contributed by atoms with Gasteiger partial charge in [-0.15, -0.1) is 0 Å². The number of hydrogen-bond donors (Lipinski definition) is 2. The zero-order chi connectivity index (χ0) is 13.8. The van der Waals surface area contributed by atoms with E-state index < -0.39 is 0 Å². The van der Waals surface area contributed by atoms with Gasteiger partial charge in [-0.05, 0) is 37.5 Å². The number of rotatable bonds is 4. The van der Waals surface area contributed by atoms with Crippen LogP contribution in [0.3, 0.4) is 0 Å². The van der Waals surface area contributed by atoms with Crippen molar-refractivity contribution in [1.29, 1.82) is 0 Å². The standard InChI is InChI=1S/C14H19BrN2O2/c1-9(10-3-2-4-11(15)7-10)17-14(18)13-6-5-12(8-16)19-13/h2-4,7,9,12-13H,5-6,8,16H2,1H3,(H,17,18)/t9?,12-,13+/m1/s1. The third kappa shape index (κ3) is 3.78. The van der Waals surface area contributed by atoms with Crippen molar-refractivity contribution in [2.24, 2.45) is 5.73 Å². The Bertz CT molecular complexity index is 453. The summed E-state index contributed by atoms with van der Waals surface area (Å²) in [6, 6.07) is 7.88. The number of carbonyl (C=O) groups is 1. The molecule has 0 saturated carbocycles. The molecule has 1 saturated heterocycles. The van der Waals surface area contributed by atoms with Crippen LogP contribution in [-0.2, 0) is 9.53 Å². The average Bonchev–Trinajstić information content (AvgIpc) is 2.87. The van der Waals surface area contributed by atoms with Gasteiger partial charge in [0.25, 0.3) is 0 Å². The zero-order valence-electron chi connectivity index (χ0n) is 10.9. The first-order valence-corrected chi connectivity index (χ1v) is 7.31. The minimum Gasteiger partial charge on any atom is -0.364 e. The Balaban J connectivity index is 1.92. The summed E-state index contributed by atoms with van der Waals surface area (Å²) in [7, 11) is 0. The van der Waals surface area contributed by atoms with Crippen molar-refractivity contribution in [3.8, 4) is 0 Å². The highest BCUT2D eigenvalue weighted by atomic mass is 79.9. The normalized spacial score (nSPS) is 24.2. The van der Waals surface area contributed by atoms with Crippen LogP contribution in [-0.4, -0.2) is 24.7 Å². The maximum absolute atomic E-state index is 12.1. The molecule has 0 radical (unpaired) electrons. The molecule has 4 nitrogen and oxygen atoms in total. The van der Waals surface area contributed by atoms with Crippen molar-refractivity contribution in [3.05, 3.63) is 34.3 Å². The summed E-state index contributed by atoms with van der Waals surface area (Å²) in [5.41, 5.74) is 6.61. The van der Waals surface area contributed by atoms with E-state index in [1.807, 2.05) is 31.2 Å². The molecule has 5 heteroatoms. The first-order valence-electron chi connectivity index (χ1n) is 6.51. The quantitative estimate of drug-likeness (QED) is 0.890. The molecule has 0 aliphatic carbocycles. The van der Waals surface area contributed by atoms with Crippen LogP contribution in [0.25, 0.3) is 0 Å². The minimum atomic E-state index is -0.358. The van der Waals surface area contributed by atoms with Gasteiger partial charge in [-0.25, -0.2) is 0 Å². The fraction of sp³-hybridized carbons (Fsp3) is 0.500. The molecule has 1 amide bonds. The summed E-state index contributed by atoms with van der Waals surface area (Å²) in [4.78, 5) is 12.1. The molecule has 2 rings (SSSR count). The molecule has 104 valence electrons. The number of hydrogen-bond acceptors (Lipinski definition) is 3. The second-order valence-electron chi connectivity index (χ2n) is 4.85. The van der Waals surface area contributed by atoms with Crippen molar-refractivity contribution < 1.29 is 9.53 Å². The molecule has 1 heterocycles. The van der Waals surface area contributed by atoms with Crippen molar-refractivity contribution in [2.45, 2.75) is 38.0 Å². The Morgan fingerprint density at radius 1 is 1.58 bits per heavy atom. The molecule has 1 aromatic rings. The monoisotopic (exact) mass is 326 g/mol. The van der Waals surface area contributed by atoms with Crippen LogP contribution in [0.1, 0.15) is 31.4 Å². The first kappa shape index (κ1) is 14.5. The molecule has 1 aliphatic heterocycles. The summed E-state index contributed by atoms with van der Waals surface area (Å²) in [5, 5.41) is 2.98. The number of ether oxygens (including phenoxy) is 1. The number of benzene rings is 1. The third-order valence-corrected chi connectivity index (χ3v) is 3.86. The fourth-order valence-electron chi connectivity index (χ4n) is 2.24. The largest absolute Gasteiger partial charge is 0.364 e. The zero-order valence-corrected chi connectivity index (χ0v) is 12.5. The van der Waals surface area contributed by atoms with Crippen molar-refractivity contribution >= 4 is 21.8 Å². The van der Waals surface area contributed by atoms with Crippen LogP contribution >= 0.6 is 15.9 Å². The smallest absolute Gasteiger partial charge is 0.249 e. The van der Waals surface area contributed by atoms with Gasteiger partial charge in [0, 0.05) is 11.0 Å². The van der Waals surface area contributed by atoms with E-state index in [1.165, 1.54) is 0 Å². The molecule has 1 aromatic carbocycles. The van der Waals surface area contributed by atoms with Crippen LogP contribution in [0, 0.1) is 0 Å². The molecular weight excluding hydrogens is 308 g/mol. The Morgan fingerprint density at radius 3 is 3.00 bits per heavy atom. The van der Waals surface area contributed by atoms with E-state index in [2.05, 4.69) is 21.2 Å². The van der Waals surface area contributed by atoms with Gasteiger partial charge in [0.05, 0.1) is 12.1 Å². The Hall–Kier alpha value is -0.910. The number of carbonyl (C=O) groups excluding carboxylic acids is 1. The van der Waals surface area contributed by atoms with E-state index in [0.29, 0.717) is 6.54 Å². The van der Waals surface area contributed by atoms with Crippen LogP contribution < -0.4 is 11.1 Å². The Morgan fingerprint density at radius 2 is 2.37 bits per heavy atom. The van der Waals surface area contributed by atoms with E-state index in [-0.39, 0.29) is 24.2 Å². The van der Waals surface area contributed by atoms with Gasteiger partial charge in [0.1, 0.15) is 6.10 Å². The number of amides is 1. The maximum atomic E-state index is 12.1. The summed E-state index contributed by atoms with van der Waals surface area (Å²) in [6.07, 6.45) is 1.28. The van der Waals surface area contributed by atoms with Gasteiger partial charge in [-0.1, -0.05) is 28.1 Å². The van der Waals surface area contributed by atoms with Gasteiger partial charge in [-0.3, -0.25) is 4.79 Å². The Labute approximate surface area is 121 Å². The summed E-state index contributed by atoms with van der Waals surface area (Å²) < 4.78 is 6.59. The Kier molecular flexibility index (Phi) is 4.96. The summed E-state index contributed by atoms with van der Waals surface area (Å²) >= 11 is 3.43. The van der Waals surface area contributed by atoms with Crippen LogP contribution in [0.5, 0.6) is 0 Å². The van der Waals surface area contributed by atoms with Crippen molar-refractivity contribution in [3.63, 3.8) is 0 Å². The lowest BCUT2D eigenvalue weighted by molar-refractivity contribution is -0.132. The van der Waals surface area contributed by atoms with Crippen LogP contribution in [0.2, 0.25) is 0 Å². The highest BCUT2D eigenvalue weighted by Crippen LogP contribution is 2.21. The van der Waals surface area contributed by atoms with E-state index >= 15 is 0 Å². The molecule has 0 bridgehead atoms. The van der Waals surface area contributed by atoms with E-state index in [4.69, 9.17) is 10.5 Å². The average molecular weight is 327 g/mol. The molecule has 19 heavy (non-hydrogen) atoms. The highest BCUT2D eigenvalue weighted by molar-refractivity contribution is 9.10. The fourth-order valence-corrected chi connectivity index (χ4v) is 2.65. The lowest BCUT2D eigenvalue weighted by Gasteiger charge is -2.18. The molecule has 1 fully saturated rings. The van der Waals surface area contributed by atoms with Crippen LogP contribution in [0.15, 0.2) is 28.7 Å². The molecular formula is C14H19BrN2O2. The van der Waals surface area contributed by atoms with E-state index in [0.717, 1.165) is 22.9 Å². The van der Waals surface area contributed by atoms with E-state index in [9.17, 15) is 4.79 Å². The van der Waals surface area contributed by atoms with Crippen molar-refractivity contribution in [2.75, 3.05) is 6.54 Å².